The van der Waals surface area contributed by atoms with Gasteiger partial charge in [-0.2, -0.15) is 11.8 Å². The lowest BCUT2D eigenvalue weighted by Gasteiger charge is -2.22. The summed E-state index contributed by atoms with van der Waals surface area (Å²) in [6.45, 7) is 3.63. The average molecular weight is 214 g/mol. The minimum atomic E-state index is 0.753. The highest BCUT2D eigenvalue weighted by Gasteiger charge is 2.16. The molecule has 0 radical (unpaired) electrons. The van der Waals surface area contributed by atoms with Gasteiger partial charge in [-0.05, 0) is 38.0 Å². The smallest absolute Gasteiger partial charge is 0.0192 e. The molecule has 0 amide bonds. The lowest BCUT2D eigenvalue weighted by molar-refractivity contribution is 0.520. The minimum Gasteiger partial charge on any atom is -0.314 e. The van der Waals surface area contributed by atoms with Gasteiger partial charge in [-0.25, -0.2) is 0 Å². The summed E-state index contributed by atoms with van der Waals surface area (Å²) in [6.07, 6.45) is 7.04. The van der Waals surface area contributed by atoms with E-state index in [1.165, 1.54) is 57.5 Å². The van der Waals surface area contributed by atoms with Gasteiger partial charge in [-0.15, -0.1) is 0 Å². The van der Waals surface area contributed by atoms with Crippen LogP contribution in [-0.4, -0.2) is 36.7 Å². The molecule has 2 fully saturated rings. The summed E-state index contributed by atoms with van der Waals surface area (Å²) in [4.78, 5) is 0. The van der Waals surface area contributed by atoms with Crippen LogP contribution in [0.3, 0.4) is 0 Å². The van der Waals surface area contributed by atoms with Crippen molar-refractivity contribution in [3.63, 3.8) is 0 Å². The van der Waals surface area contributed by atoms with Crippen molar-refractivity contribution in [3.05, 3.63) is 0 Å². The maximum atomic E-state index is 3.61. The first-order valence-electron chi connectivity index (χ1n) is 6.01. The Balaban J connectivity index is 1.52. The van der Waals surface area contributed by atoms with Gasteiger partial charge in [-0.1, -0.05) is 6.42 Å². The number of hydrogen-bond donors (Lipinski definition) is 2. The van der Waals surface area contributed by atoms with Crippen LogP contribution in [0.1, 0.15) is 32.1 Å². The Morgan fingerprint density at radius 2 is 2.14 bits per heavy atom. The van der Waals surface area contributed by atoms with Crippen molar-refractivity contribution < 1.29 is 0 Å². The Labute approximate surface area is 91.6 Å². The van der Waals surface area contributed by atoms with E-state index in [1.807, 2.05) is 0 Å². The van der Waals surface area contributed by atoms with E-state index in [4.69, 9.17) is 0 Å². The van der Waals surface area contributed by atoms with Crippen LogP contribution >= 0.6 is 11.8 Å². The van der Waals surface area contributed by atoms with Crippen LogP contribution in [0, 0.1) is 0 Å². The van der Waals surface area contributed by atoms with E-state index in [-0.39, 0.29) is 0 Å². The summed E-state index contributed by atoms with van der Waals surface area (Å²) in [6, 6.07) is 0.753. The van der Waals surface area contributed by atoms with E-state index >= 15 is 0 Å². The fourth-order valence-corrected chi connectivity index (χ4v) is 3.59. The van der Waals surface area contributed by atoms with E-state index in [9.17, 15) is 0 Å². The van der Waals surface area contributed by atoms with Crippen molar-refractivity contribution in [1.29, 1.82) is 0 Å². The molecule has 0 aromatic rings. The van der Waals surface area contributed by atoms with Gasteiger partial charge < -0.3 is 10.6 Å². The fraction of sp³-hybridized carbons (Fsp3) is 1.00. The van der Waals surface area contributed by atoms with Crippen LogP contribution in [0.25, 0.3) is 0 Å². The molecular weight excluding hydrogens is 192 g/mol. The third-order valence-electron chi connectivity index (χ3n) is 3.20. The zero-order chi connectivity index (χ0) is 9.64. The lowest BCUT2D eigenvalue weighted by Crippen LogP contribution is -2.37. The standard InChI is InChI=1S/C11H22N2S/c1-2-7-14-11(5-1)9-12-8-10-4-3-6-13-10/h10-13H,1-9H2. The summed E-state index contributed by atoms with van der Waals surface area (Å²) in [5.74, 6) is 1.38. The summed E-state index contributed by atoms with van der Waals surface area (Å²) in [5.41, 5.74) is 0. The van der Waals surface area contributed by atoms with Crippen molar-refractivity contribution in [2.45, 2.75) is 43.4 Å². The van der Waals surface area contributed by atoms with Gasteiger partial charge in [-0.3, -0.25) is 0 Å². The Bertz CT molecular complexity index is 151. The average Bonchev–Trinajstić information content (AvgIpc) is 2.72. The van der Waals surface area contributed by atoms with Gasteiger partial charge in [0.15, 0.2) is 0 Å². The molecular formula is C11H22N2S. The second kappa shape index (κ2) is 5.99. The van der Waals surface area contributed by atoms with Gasteiger partial charge in [0.25, 0.3) is 0 Å². The van der Waals surface area contributed by atoms with Crippen molar-refractivity contribution in [2.75, 3.05) is 25.4 Å². The molecule has 2 unspecified atom stereocenters. The molecule has 2 rings (SSSR count). The Morgan fingerprint density at radius 1 is 1.14 bits per heavy atom. The summed E-state index contributed by atoms with van der Waals surface area (Å²) in [7, 11) is 0. The van der Waals surface area contributed by atoms with Gasteiger partial charge in [0, 0.05) is 24.4 Å². The van der Waals surface area contributed by atoms with Crippen LogP contribution in [0.2, 0.25) is 0 Å². The molecule has 2 N–H and O–H groups in total. The van der Waals surface area contributed by atoms with Crippen molar-refractivity contribution in [3.8, 4) is 0 Å². The third kappa shape index (κ3) is 3.44. The van der Waals surface area contributed by atoms with Gasteiger partial charge >= 0.3 is 0 Å². The zero-order valence-corrected chi connectivity index (χ0v) is 9.74. The number of nitrogens with one attached hydrogen (secondary N) is 2. The van der Waals surface area contributed by atoms with E-state index in [1.54, 1.807) is 0 Å². The molecule has 2 aliphatic heterocycles. The molecule has 0 aromatic heterocycles. The van der Waals surface area contributed by atoms with Crippen LogP contribution < -0.4 is 10.6 Å². The maximum Gasteiger partial charge on any atom is 0.0192 e. The molecule has 3 heteroatoms. The van der Waals surface area contributed by atoms with Crippen molar-refractivity contribution in [2.24, 2.45) is 0 Å². The topological polar surface area (TPSA) is 24.1 Å². The molecule has 2 saturated heterocycles. The minimum absolute atomic E-state index is 0.753. The molecule has 82 valence electrons. The first-order chi connectivity index (χ1) is 6.95. The highest BCUT2D eigenvalue weighted by molar-refractivity contribution is 7.99. The monoisotopic (exact) mass is 214 g/mol. The van der Waals surface area contributed by atoms with E-state index in [0.717, 1.165) is 11.3 Å². The SMILES string of the molecule is C1CCC(CNCC2CCCN2)SC1. The van der Waals surface area contributed by atoms with Crippen LogP contribution in [-0.2, 0) is 0 Å². The highest BCUT2D eigenvalue weighted by atomic mass is 32.2. The Hall–Kier alpha value is 0.270. The highest BCUT2D eigenvalue weighted by Crippen LogP contribution is 2.24. The normalized spacial score (nSPS) is 33.4. The lowest BCUT2D eigenvalue weighted by atomic mass is 10.2. The number of rotatable bonds is 4. The predicted octanol–water partition coefficient (Wildman–Crippen LogP) is 1.61. The molecule has 2 atom stereocenters. The predicted molar refractivity (Wildman–Crippen MR) is 64.0 cm³/mol. The van der Waals surface area contributed by atoms with E-state index in [2.05, 4.69) is 22.4 Å². The zero-order valence-electron chi connectivity index (χ0n) is 8.93. The molecule has 14 heavy (non-hydrogen) atoms. The molecule has 0 saturated carbocycles. The van der Waals surface area contributed by atoms with E-state index in [0.29, 0.717) is 0 Å². The third-order valence-corrected chi connectivity index (χ3v) is 4.60. The number of thioether (sulfide) groups is 1. The fourth-order valence-electron chi connectivity index (χ4n) is 2.32. The largest absolute Gasteiger partial charge is 0.314 e. The van der Waals surface area contributed by atoms with Crippen LogP contribution in [0.5, 0.6) is 0 Å². The Morgan fingerprint density at radius 3 is 2.86 bits per heavy atom. The second-order valence-electron chi connectivity index (χ2n) is 4.44. The molecule has 0 spiro atoms. The molecule has 0 aromatic carbocycles. The molecule has 2 heterocycles. The first kappa shape index (κ1) is 10.8. The number of hydrogen-bond acceptors (Lipinski definition) is 3. The van der Waals surface area contributed by atoms with Crippen LogP contribution in [0.15, 0.2) is 0 Å². The van der Waals surface area contributed by atoms with Gasteiger partial charge in [0.05, 0.1) is 0 Å². The quantitative estimate of drug-likeness (QED) is 0.743. The van der Waals surface area contributed by atoms with Gasteiger partial charge in [0.2, 0.25) is 0 Å². The molecule has 2 nitrogen and oxygen atoms in total. The van der Waals surface area contributed by atoms with E-state index < -0.39 is 0 Å². The summed E-state index contributed by atoms with van der Waals surface area (Å²) < 4.78 is 0. The Kier molecular flexibility index (Phi) is 4.61. The van der Waals surface area contributed by atoms with Crippen molar-refractivity contribution >= 4 is 11.8 Å². The molecule has 0 aliphatic carbocycles. The van der Waals surface area contributed by atoms with Gasteiger partial charge in [0.1, 0.15) is 0 Å². The molecule has 2 aliphatic rings. The summed E-state index contributed by atoms with van der Waals surface area (Å²) in [5, 5.41) is 8.03. The summed E-state index contributed by atoms with van der Waals surface area (Å²) >= 11 is 2.16. The van der Waals surface area contributed by atoms with Crippen molar-refractivity contribution in [1.82, 2.24) is 10.6 Å². The van der Waals surface area contributed by atoms with Crippen LogP contribution in [0.4, 0.5) is 0 Å². The first-order valence-corrected chi connectivity index (χ1v) is 7.06. The molecule has 0 bridgehead atoms. The maximum absolute atomic E-state index is 3.61. The second-order valence-corrected chi connectivity index (χ2v) is 5.85.